The highest BCUT2D eigenvalue weighted by Crippen LogP contribution is 2.12. The molecule has 0 aliphatic rings. The molecular weight excluding hydrogens is 282 g/mol. The standard InChI is InChI=1S/C18H39NO.ClH/c1-2-3-4-5-6-7-8-9-10-11-12-13-14-15-16-19-17-18-20;/h19-20H,2-18H2,1H3;1H. The third kappa shape index (κ3) is 22.6. The maximum absolute atomic E-state index is 8.62. The second-order valence-electron chi connectivity index (χ2n) is 6.07. The fourth-order valence-electron chi connectivity index (χ4n) is 2.65. The first-order valence-corrected chi connectivity index (χ1v) is 9.23. The number of halogens is 1. The summed E-state index contributed by atoms with van der Waals surface area (Å²) in [7, 11) is 0. The number of rotatable bonds is 17. The maximum Gasteiger partial charge on any atom is 0.0555 e. The summed E-state index contributed by atoms with van der Waals surface area (Å²) in [6, 6.07) is 0. The first kappa shape index (κ1) is 23.5. The van der Waals surface area contributed by atoms with Crippen molar-refractivity contribution in [1.29, 1.82) is 0 Å². The summed E-state index contributed by atoms with van der Waals surface area (Å²) >= 11 is 0. The predicted molar refractivity (Wildman–Crippen MR) is 97.5 cm³/mol. The number of hydrogen-bond donors (Lipinski definition) is 2. The Labute approximate surface area is 139 Å². The summed E-state index contributed by atoms with van der Waals surface area (Å²) in [5.74, 6) is 0. The van der Waals surface area contributed by atoms with E-state index in [1.54, 1.807) is 0 Å². The van der Waals surface area contributed by atoms with Gasteiger partial charge in [0, 0.05) is 6.54 Å². The first-order chi connectivity index (χ1) is 9.91. The molecule has 0 fully saturated rings. The summed E-state index contributed by atoms with van der Waals surface area (Å²) < 4.78 is 0. The molecule has 130 valence electrons. The van der Waals surface area contributed by atoms with Gasteiger partial charge >= 0.3 is 0 Å². The van der Waals surface area contributed by atoms with Crippen LogP contribution in [0.1, 0.15) is 96.8 Å². The Kier molecular flexibility index (Phi) is 25.1. The van der Waals surface area contributed by atoms with Crippen LogP contribution in [-0.4, -0.2) is 24.8 Å². The molecule has 0 atom stereocenters. The minimum Gasteiger partial charge on any atom is -0.395 e. The van der Waals surface area contributed by atoms with Gasteiger partial charge in [-0.2, -0.15) is 0 Å². The van der Waals surface area contributed by atoms with Crippen molar-refractivity contribution in [3.63, 3.8) is 0 Å². The number of aliphatic hydroxyl groups excluding tert-OH is 1. The molecule has 3 heteroatoms. The first-order valence-electron chi connectivity index (χ1n) is 9.23. The predicted octanol–water partition coefficient (Wildman–Crippen LogP) is 5.47. The van der Waals surface area contributed by atoms with E-state index in [2.05, 4.69) is 12.2 Å². The number of unbranched alkanes of at least 4 members (excludes halogenated alkanes) is 13. The molecule has 0 aromatic heterocycles. The van der Waals surface area contributed by atoms with E-state index >= 15 is 0 Å². The van der Waals surface area contributed by atoms with Crippen molar-refractivity contribution in [3.8, 4) is 0 Å². The van der Waals surface area contributed by atoms with Crippen LogP contribution in [0.5, 0.6) is 0 Å². The molecule has 0 aromatic carbocycles. The molecule has 0 amide bonds. The van der Waals surface area contributed by atoms with Crippen LogP contribution in [-0.2, 0) is 0 Å². The molecule has 0 rings (SSSR count). The Balaban J connectivity index is 0. The molecular formula is C18H40ClNO. The quantitative estimate of drug-likeness (QED) is 0.348. The lowest BCUT2D eigenvalue weighted by molar-refractivity contribution is 0.292. The molecule has 21 heavy (non-hydrogen) atoms. The van der Waals surface area contributed by atoms with Crippen molar-refractivity contribution in [3.05, 3.63) is 0 Å². The van der Waals surface area contributed by atoms with Gasteiger partial charge in [-0.15, -0.1) is 12.4 Å². The second-order valence-corrected chi connectivity index (χ2v) is 6.07. The van der Waals surface area contributed by atoms with Crippen molar-refractivity contribution < 1.29 is 5.11 Å². The molecule has 0 heterocycles. The van der Waals surface area contributed by atoms with E-state index in [9.17, 15) is 0 Å². The average Bonchev–Trinajstić information content (AvgIpc) is 2.47. The lowest BCUT2D eigenvalue weighted by Crippen LogP contribution is -2.19. The van der Waals surface area contributed by atoms with Crippen molar-refractivity contribution in [2.45, 2.75) is 96.8 Å². The molecule has 0 aromatic rings. The van der Waals surface area contributed by atoms with E-state index in [-0.39, 0.29) is 19.0 Å². The molecule has 2 N–H and O–H groups in total. The zero-order valence-corrected chi connectivity index (χ0v) is 15.2. The SMILES string of the molecule is CCCCCCCCCCCCCCCCNCCO.Cl. The van der Waals surface area contributed by atoms with Crippen molar-refractivity contribution in [2.75, 3.05) is 19.7 Å². The van der Waals surface area contributed by atoms with Gasteiger partial charge in [0.05, 0.1) is 6.61 Å². The van der Waals surface area contributed by atoms with E-state index < -0.39 is 0 Å². The summed E-state index contributed by atoms with van der Waals surface area (Å²) in [6.07, 6.45) is 19.8. The zero-order chi connectivity index (χ0) is 14.7. The normalized spacial score (nSPS) is 10.6. The number of nitrogens with one attached hydrogen (secondary N) is 1. The van der Waals surface area contributed by atoms with E-state index in [1.807, 2.05) is 0 Å². The topological polar surface area (TPSA) is 32.3 Å². The molecule has 0 aliphatic carbocycles. The summed E-state index contributed by atoms with van der Waals surface area (Å²) in [4.78, 5) is 0. The highest BCUT2D eigenvalue weighted by Gasteiger charge is 1.94. The van der Waals surface area contributed by atoms with Gasteiger partial charge in [0.25, 0.3) is 0 Å². The van der Waals surface area contributed by atoms with Gasteiger partial charge in [-0.25, -0.2) is 0 Å². The van der Waals surface area contributed by atoms with Crippen LogP contribution in [0.15, 0.2) is 0 Å². The lowest BCUT2D eigenvalue weighted by Gasteiger charge is -2.04. The highest BCUT2D eigenvalue weighted by molar-refractivity contribution is 5.85. The molecule has 0 saturated heterocycles. The lowest BCUT2D eigenvalue weighted by atomic mass is 10.0. The molecule has 2 nitrogen and oxygen atoms in total. The van der Waals surface area contributed by atoms with E-state index in [4.69, 9.17) is 5.11 Å². The van der Waals surface area contributed by atoms with Gasteiger partial charge in [0.15, 0.2) is 0 Å². The van der Waals surface area contributed by atoms with Crippen molar-refractivity contribution >= 4 is 12.4 Å². The largest absolute Gasteiger partial charge is 0.395 e. The highest BCUT2D eigenvalue weighted by atomic mass is 35.5. The van der Waals surface area contributed by atoms with Crippen LogP contribution >= 0.6 is 12.4 Å². The van der Waals surface area contributed by atoms with Gasteiger partial charge in [0.1, 0.15) is 0 Å². The molecule has 0 unspecified atom stereocenters. The van der Waals surface area contributed by atoms with E-state index in [0.717, 1.165) is 13.1 Å². The smallest absolute Gasteiger partial charge is 0.0555 e. The van der Waals surface area contributed by atoms with Gasteiger partial charge in [-0.1, -0.05) is 90.4 Å². The van der Waals surface area contributed by atoms with Gasteiger partial charge in [-0.3, -0.25) is 0 Å². The Hall–Kier alpha value is 0.210. The summed E-state index contributed by atoms with van der Waals surface area (Å²) in [5, 5.41) is 11.8. The molecule has 0 radical (unpaired) electrons. The zero-order valence-electron chi connectivity index (χ0n) is 14.4. The number of hydrogen-bond acceptors (Lipinski definition) is 2. The average molecular weight is 322 g/mol. The van der Waals surface area contributed by atoms with Crippen LogP contribution in [0.25, 0.3) is 0 Å². The van der Waals surface area contributed by atoms with Crippen LogP contribution < -0.4 is 5.32 Å². The number of aliphatic hydroxyl groups is 1. The van der Waals surface area contributed by atoms with Gasteiger partial charge in [0.2, 0.25) is 0 Å². The summed E-state index contributed by atoms with van der Waals surface area (Å²) in [6.45, 7) is 4.36. The molecule has 0 aliphatic heterocycles. The minimum atomic E-state index is 0. The van der Waals surface area contributed by atoms with Crippen LogP contribution in [0.4, 0.5) is 0 Å². The fourth-order valence-corrected chi connectivity index (χ4v) is 2.65. The summed E-state index contributed by atoms with van der Waals surface area (Å²) in [5.41, 5.74) is 0. The minimum absolute atomic E-state index is 0. The van der Waals surface area contributed by atoms with Crippen LogP contribution in [0.3, 0.4) is 0 Å². The monoisotopic (exact) mass is 321 g/mol. The van der Waals surface area contributed by atoms with Gasteiger partial charge in [-0.05, 0) is 13.0 Å². The third-order valence-corrected chi connectivity index (χ3v) is 4.00. The second kappa shape index (κ2) is 22.5. The Bertz CT molecular complexity index is 149. The van der Waals surface area contributed by atoms with Crippen LogP contribution in [0, 0.1) is 0 Å². The molecule has 0 bridgehead atoms. The fraction of sp³-hybridized carbons (Fsp3) is 1.00. The molecule has 0 spiro atoms. The van der Waals surface area contributed by atoms with Crippen molar-refractivity contribution in [2.24, 2.45) is 0 Å². The molecule has 0 saturated carbocycles. The van der Waals surface area contributed by atoms with Gasteiger partial charge < -0.3 is 10.4 Å². The Morgan fingerprint density at radius 3 is 1.33 bits per heavy atom. The Morgan fingerprint density at radius 1 is 0.571 bits per heavy atom. The van der Waals surface area contributed by atoms with Crippen molar-refractivity contribution in [1.82, 2.24) is 5.32 Å². The third-order valence-electron chi connectivity index (χ3n) is 4.00. The maximum atomic E-state index is 8.62. The Morgan fingerprint density at radius 2 is 0.952 bits per heavy atom. The van der Waals surface area contributed by atoms with Crippen LogP contribution in [0.2, 0.25) is 0 Å². The van der Waals surface area contributed by atoms with E-state index in [0.29, 0.717) is 0 Å². The van der Waals surface area contributed by atoms with E-state index in [1.165, 1.54) is 89.9 Å².